The van der Waals surface area contributed by atoms with E-state index in [9.17, 15) is 4.79 Å². The summed E-state index contributed by atoms with van der Waals surface area (Å²) in [6, 6.07) is 12.7. The zero-order chi connectivity index (χ0) is 18.8. The molecule has 0 radical (unpaired) electrons. The molecule has 0 spiro atoms. The molecule has 2 aromatic rings. The number of anilines is 2. The third-order valence-electron chi connectivity index (χ3n) is 5.83. The maximum absolute atomic E-state index is 13.0. The third-order valence-corrected chi connectivity index (χ3v) is 5.83. The maximum atomic E-state index is 13.0. The van der Waals surface area contributed by atoms with E-state index in [0.717, 1.165) is 43.1 Å². The Balaban J connectivity index is 1.50. The van der Waals surface area contributed by atoms with Crippen LogP contribution in [-0.2, 0) is 13.0 Å². The van der Waals surface area contributed by atoms with Crippen LogP contribution < -0.4 is 10.2 Å². The van der Waals surface area contributed by atoms with Gasteiger partial charge in [0, 0.05) is 25.7 Å². The second kappa shape index (κ2) is 7.59. The van der Waals surface area contributed by atoms with Gasteiger partial charge in [-0.25, -0.2) is 9.78 Å². The molecule has 4 rings (SSSR count). The number of aromatic nitrogens is 1. The molecule has 1 aromatic carbocycles. The summed E-state index contributed by atoms with van der Waals surface area (Å²) in [5.41, 5.74) is 4.28. The number of amides is 2. The molecule has 5 heteroatoms. The van der Waals surface area contributed by atoms with Crippen LogP contribution in [0.5, 0.6) is 0 Å². The Morgan fingerprint density at radius 1 is 1.15 bits per heavy atom. The molecular formula is C22H28N4O. The van der Waals surface area contributed by atoms with Crippen LogP contribution in [0.15, 0.2) is 36.4 Å². The van der Waals surface area contributed by atoms with Crippen LogP contribution in [0.2, 0.25) is 0 Å². The fourth-order valence-electron chi connectivity index (χ4n) is 4.18. The topological polar surface area (TPSA) is 48.5 Å². The molecule has 0 saturated carbocycles. The first-order chi connectivity index (χ1) is 13.2. The monoisotopic (exact) mass is 364 g/mol. The number of hydrogen-bond acceptors (Lipinski definition) is 3. The van der Waals surface area contributed by atoms with Crippen LogP contribution in [0.1, 0.15) is 43.0 Å². The number of aryl methyl sites for hydroxylation is 1. The zero-order valence-electron chi connectivity index (χ0n) is 16.2. The van der Waals surface area contributed by atoms with Crippen LogP contribution in [0.3, 0.4) is 0 Å². The van der Waals surface area contributed by atoms with E-state index < -0.39 is 0 Å². The second-order valence-corrected chi connectivity index (χ2v) is 7.59. The highest BCUT2D eigenvalue weighted by atomic mass is 16.2. The van der Waals surface area contributed by atoms with Crippen molar-refractivity contribution in [1.29, 1.82) is 0 Å². The molecule has 1 aromatic heterocycles. The number of urea groups is 1. The van der Waals surface area contributed by atoms with Gasteiger partial charge < -0.3 is 15.1 Å². The van der Waals surface area contributed by atoms with Gasteiger partial charge >= 0.3 is 6.03 Å². The number of carbonyl (C=O) groups is 1. The van der Waals surface area contributed by atoms with E-state index in [1.54, 1.807) is 0 Å². The second-order valence-electron chi connectivity index (χ2n) is 7.59. The number of nitrogens with one attached hydrogen (secondary N) is 1. The highest BCUT2D eigenvalue weighted by Crippen LogP contribution is 2.27. The number of carbonyl (C=O) groups excluding carboxylic acids is 1. The van der Waals surface area contributed by atoms with E-state index in [4.69, 9.17) is 4.98 Å². The summed E-state index contributed by atoms with van der Waals surface area (Å²) >= 11 is 0. The average molecular weight is 364 g/mol. The van der Waals surface area contributed by atoms with Crippen molar-refractivity contribution in [1.82, 2.24) is 9.88 Å². The van der Waals surface area contributed by atoms with E-state index in [-0.39, 0.29) is 12.1 Å². The molecule has 1 atom stereocenters. The molecule has 5 nitrogen and oxygen atoms in total. The Labute approximate surface area is 161 Å². The minimum absolute atomic E-state index is 0.0322. The lowest BCUT2D eigenvalue weighted by molar-refractivity contribution is 0.174. The first-order valence-corrected chi connectivity index (χ1v) is 10.0. The van der Waals surface area contributed by atoms with Crippen LogP contribution in [-0.4, -0.2) is 35.0 Å². The summed E-state index contributed by atoms with van der Waals surface area (Å²) in [7, 11) is 0. The third kappa shape index (κ3) is 3.64. The number of hydrogen-bond donors (Lipinski definition) is 1. The highest BCUT2D eigenvalue weighted by molar-refractivity contribution is 5.90. The van der Waals surface area contributed by atoms with Gasteiger partial charge in [0.2, 0.25) is 0 Å². The molecule has 0 aliphatic carbocycles. The predicted molar refractivity (Wildman–Crippen MR) is 109 cm³/mol. The lowest BCUT2D eigenvalue weighted by atomic mass is 9.93. The fraction of sp³-hybridized carbons (Fsp3) is 0.455. The molecule has 0 bridgehead atoms. The van der Waals surface area contributed by atoms with Crippen molar-refractivity contribution in [2.24, 2.45) is 0 Å². The van der Waals surface area contributed by atoms with Gasteiger partial charge in [-0.1, -0.05) is 31.2 Å². The van der Waals surface area contributed by atoms with Gasteiger partial charge in [0.05, 0.1) is 11.4 Å². The van der Waals surface area contributed by atoms with Crippen molar-refractivity contribution >= 4 is 17.5 Å². The largest absolute Gasteiger partial charge is 0.357 e. The molecule has 1 unspecified atom stereocenters. The molecule has 2 aliphatic heterocycles. The Morgan fingerprint density at radius 3 is 2.59 bits per heavy atom. The SMILES string of the molecule is CCC1Cc2ccccc2CN1C(=O)Nc1ccc(N2CCCC2)nc1C. The van der Waals surface area contributed by atoms with E-state index in [1.807, 2.05) is 30.0 Å². The lowest BCUT2D eigenvalue weighted by Crippen LogP contribution is -2.46. The van der Waals surface area contributed by atoms with Crippen molar-refractivity contribution in [3.63, 3.8) is 0 Å². The molecule has 142 valence electrons. The Hall–Kier alpha value is -2.56. The number of pyridine rings is 1. The standard InChI is InChI=1S/C22H28N4O/c1-3-19-14-17-8-4-5-9-18(17)15-26(19)22(27)24-20-10-11-21(23-16(20)2)25-12-6-7-13-25/h4-5,8-11,19H,3,6-7,12-15H2,1-2H3,(H,24,27). The van der Waals surface area contributed by atoms with Gasteiger partial charge in [0.15, 0.2) is 0 Å². The normalized spacial score (nSPS) is 19.1. The summed E-state index contributed by atoms with van der Waals surface area (Å²) in [6.45, 7) is 6.93. The zero-order valence-corrected chi connectivity index (χ0v) is 16.2. The van der Waals surface area contributed by atoms with Crippen molar-refractivity contribution in [3.05, 3.63) is 53.2 Å². The maximum Gasteiger partial charge on any atom is 0.322 e. The van der Waals surface area contributed by atoms with Crippen LogP contribution in [0, 0.1) is 6.92 Å². The first-order valence-electron chi connectivity index (χ1n) is 10.0. The number of nitrogens with zero attached hydrogens (tertiary/aromatic N) is 3. The predicted octanol–water partition coefficient (Wildman–Crippen LogP) is 4.36. The smallest absolute Gasteiger partial charge is 0.322 e. The number of benzene rings is 1. The molecule has 1 fully saturated rings. The molecule has 2 amide bonds. The first kappa shape index (κ1) is 17.8. The van der Waals surface area contributed by atoms with Gasteiger partial charge in [-0.3, -0.25) is 0 Å². The van der Waals surface area contributed by atoms with E-state index in [0.29, 0.717) is 6.54 Å². The Morgan fingerprint density at radius 2 is 1.89 bits per heavy atom. The molecule has 27 heavy (non-hydrogen) atoms. The van der Waals surface area contributed by atoms with E-state index >= 15 is 0 Å². The van der Waals surface area contributed by atoms with Gasteiger partial charge in [-0.2, -0.15) is 0 Å². The van der Waals surface area contributed by atoms with E-state index in [2.05, 4.69) is 35.3 Å². The summed E-state index contributed by atoms with van der Waals surface area (Å²) < 4.78 is 0. The number of rotatable bonds is 3. The minimum atomic E-state index is -0.0322. The van der Waals surface area contributed by atoms with Crippen LogP contribution >= 0.6 is 0 Å². The molecule has 2 aliphatic rings. The molecule has 1 saturated heterocycles. The van der Waals surface area contributed by atoms with Crippen molar-refractivity contribution in [2.45, 2.75) is 52.1 Å². The van der Waals surface area contributed by atoms with Gasteiger partial charge in [-0.05, 0) is 55.9 Å². The lowest BCUT2D eigenvalue weighted by Gasteiger charge is -2.36. The van der Waals surface area contributed by atoms with Crippen molar-refractivity contribution in [3.8, 4) is 0 Å². The number of fused-ring (bicyclic) bond motifs is 1. The molecular weight excluding hydrogens is 336 g/mol. The summed E-state index contributed by atoms with van der Waals surface area (Å²) in [5, 5.41) is 3.10. The van der Waals surface area contributed by atoms with Crippen LogP contribution in [0.4, 0.5) is 16.3 Å². The van der Waals surface area contributed by atoms with Gasteiger partial charge in [0.25, 0.3) is 0 Å². The van der Waals surface area contributed by atoms with Gasteiger partial charge in [0.1, 0.15) is 5.82 Å². The average Bonchev–Trinajstić information content (AvgIpc) is 3.23. The molecule has 3 heterocycles. The van der Waals surface area contributed by atoms with Crippen molar-refractivity contribution in [2.75, 3.05) is 23.3 Å². The minimum Gasteiger partial charge on any atom is -0.357 e. The summed E-state index contributed by atoms with van der Waals surface area (Å²) in [6.07, 6.45) is 4.33. The van der Waals surface area contributed by atoms with Crippen LogP contribution in [0.25, 0.3) is 0 Å². The van der Waals surface area contributed by atoms with Gasteiger partial charge in [-0.15, -0.1) is 0 Å². The fourth-order valence-corrected chi connectivity index (χ4v) is 4.18. The Kier molecular flexibility index (Phi) is 5.01. The summed E-state index contributed by atoms with van der Waals surface area (Å²) in [5.74, 6) is 1.02. The highest BCUT2D eigenvalue weighted by Gasteiger charge is 2.28. The Bertz CT molecular complexity index is 829. The quantitative estimate of drug-likeness (QED) is 0.880. The van der Waals surface area contributed by atoms with Crippen molar-refractivity contribution < 1.29 is 4.79 Å². The summed E-state index contributed by atoms with van der Waals surface area (Å²) in [4.78, 5) is 22.0. The van der Waals surface area contributed by atoms with E-state index in [1.165, 1.54) is 24.0 Å². The molecule has 1 N–H and O–H groups in total.